The molecular weight excluding hydrogens is 254 g/mol. The van der Waals surface area contributed by atoms with E-state index in [0.29, 0.717) is 5.82 Å². The van der Waals surface area contributed by atoms with Crippen molar-refractivity contribution in [3.63, 3.8) is 0 Å². The van der Waals surface area contributed by atoms with Gasteiger partial charge in [-0.2, -0.15) is 5.26 Å². The van der Waals surface area contributed by atoms with Crippen LogP contribution in [0, 0.1) is 11.3 Å². The largest absolute Gasteiger partial charge is 0.324 e. The molecule has 1 aliphatic heterocycles. The van der Waals surface area contributed by atoms with Crippen LogP contribution in [-0.2, 0) is 4.79 Å². The molecule has 20 heavy (non-hydrogen) atoms. The average molecular weight is 267 g/mol. The van der Waals surface area contributed by atoms with E-state index < -0.39 is 0 Å². The van der Waals surface area contributed by atoms with Crippen molar-refractivity contribution < 1.29 is 4.79 Å². The number of likely N-dealkylation sites (N-methyl/N-ethyl adjacent to an activating group) is 1. The van der Waals surface area contributed by atoms with Gasteiger partial charge in [-0.15, -0.1) is 0 Å². The zero-order valence-corrected chi connectivity index (χ0v) is 10.9. The second kappa shape index (κ2) is 4.79. The van der Waals surface area contributed by atoms with Crippen LogP contribution in [0.2, 0.25) is 0 Å². The van der Waals surface area contributed by atoms with E-state index in [1.54, 1.807) is 17.0 Å². The lowest BCUT2D eigenvalue weighted by molar-refractivity contribution is -0.117. The first-order chi connectivity index (χ1) is 9.74. The molecule has 1 atom stereocenters. The van der Waals surface area contributed by atoms with E-state index >= 15 is 0 Å². The highest BCUT2D eigenvalue weighted by Crippen LogP contribution is 2.32. The van der Waals surface area contributed by atoms with E-state index in [4.69, 9.17) is 5.26 Å². The van der Waals surface area contributed by atoms with Gasteiger partial charge in [0, 0.05) is 29.3 Å². The molecule has 100 valence electrons. The van der Waals surface area contributed by atoms with E-state index in [1.165, 1.54) is 0 Å². The number of rotatable bonds is 3. The maximum Gasteiger partial charge on any atom is 0.246 e. The lowest BCUT2D eigenvalue weighted by Crippen LogP contribution is -2.27. The topological polar surface area (TPSA) is 82.7 Å². The number of fused-ring (bicyclic) bond motifs is 1. The Kier molecular flexibility index (Phi) is 2.97. The van der Waals surface area contributed by atoms with Crippen LogP contribution in [0.25, 0.3) is 5.69 Å². The molecule has 2 aromatic rings. The number of nitriles is 1. The smallest absolute Gasteiger partial charge is 0.246 e. The first kappa shape index (κ1) is 12.4. The van der Waals surface area contributed by atoms with Crippen LogP contribution in [0.15, 0.2) is 30.6 Å². The number of aromatic nitrogens is 2. The van der Waals surface area contributed by atoms with Crippen molar-refractivity contribution in [1.29, 1.82) is 5.26 Å². The Labute approximate surface area is 116 Å². The van der Waals surface area contributed by atoms with Crippen LogP contribution in [0.3, 0.4) is 0 Å². The Balaban J connectivity index is 2.02. The first-order valence-corrected chi connectivity index (χ1v) is 6.36. The molecular formula is C14H13N5O. The number of nitrogens with one attached hydrogen (secondary N) is 2. The molecule has 0 saturated carbocycles. The fourth-order valence-electron chi connectivity index (χ4n) is 2.40. The maximum absolute atomic E-state index is 11.9. The summed E-state index contributed by atoms with van der Waals surface area (Å²) in [4.78, 5) is 15.9. The number of anilines is 1. The highest BCUT2D eigenvalue weighted by atomic mass is 16.2. The van der Waals surface area contributed by atoms with Gasteiger partial charge in [0.15, 0.2) is 0 Å². The van der Waals surface area contributed by atoms with Gasteiger partial charge >= 0.3 is 0 Å². The molecule has 0 saturated heterocycles. The Morgan fingerprint density at radius 3 is 3.15 bits per heavy atom. The van der Waals surface area contributed by atoms with Crippen molar-refractivity contribution in [2.24, 2.45) is 0 Å². The van der Waals surface area contributed by atoms with Crippen molar-refractivity contribution >= 4 is 11.6 Å². The number of hydrogen-bond acceptors (Lipinski definition) is 4. The molecule has 6 heteroatoms. The van der Waals surface area contributed by atoms with Gasteiger partial charge < -0.3 is 10.6 Å². The quantitative estimate of drug-likeness (QED) is 0.879. The summed E-state index contributed by atoms with van der Waals surface area (Å²) in [5.41, 5.74) is 2.51. The number of carbonyl (C=O) groups is 1. The minimum atomic E-state index is -0.303. The van der Waals surface area contributed by atoms with Gasteiger partial charge in [-0.05, 0) is 18.7 Å². The van der Waals surface area contributed by atoms with Crippen molar-refractivity contribution in [2.45, 2.75) is 13.0 Å². The Bertz CT molecular complexity index is 713. The van der Waals surface area contributed by atoms with Crippen molar-refractivity contribution in [3.8, 4) is 11.8 Å². The normalized spacial score (nSPS) is 16.6. The third kappa shape index (κ3) is 1.85. The van der Waals surface area contributed by atoms with E-state index in [0.717, 1.165) is 23.5 Å². The maximum atomic E-state index is 11.9. The Morgan fingerprint density at radius 2 is 2.40 bits per heavy atom. The second-order valence-electron chi connectivity index (χ2n) is 4.48. The number of imidazole rings is 1. The highest BCUT2D eigenvalue weighted by molar-refractivity contribution is 6.02. The van der Waals surface area contributed by atoms with E-state index in [2.05, 4.69) is 15.6 Å². The van der Waals surface area contributed by atoms with Gasteiger partial charge in [-0.1, -0.05) is 13.0 Å². The lowest BCUT2D eigenvalue weighted by Gasteiger charge is -2.10. The fraction of sp³-hybridized carbons (Fsp3) is 0.214. The van der Waals surface area contributed by atoms with Crippen molar-refractivity contribution in [3.05, 3.63) is 42.0 Å². The van der Waals surface area contributed by atoms with Gasteiger partial charge in [0.2, 0.25) is 11.7 Å². The predicted molar refractivity (Wildman–Crippen MR) is 73.3 cm³/mol. The van der Waals surface area contributed by atoms with E-state index in [9.17, 15) is 4.79 Å². The standard InChI is InChI=1S/C14H13N5O/c1-2-16-13-10-4-3-9(7-11(10)18-14(13)20)19-6-5-17-12(19)8-15/h3-7,13,16H,2H2,1H3,(H,18,20). The summed E-state index contributed by atoms with van der Waals surface area (Å²) >= 11 is 0. The second-order valence-corrected chi connectivity index (χ2v) is 4.48. The van der Waals surface area contributed by atoms with Gasteiger partial charge in [0.05, 0.1) is 0 Å². The van der Waals surface area contributed by atoms with Crippen LogP contribution in [0.1, 0.15) is 24.4 Å². The minimum absolute atomic E-state index is 0.0508. The SMILES string of the molecule is CCNC1C(=O)Nc2cc(-n3ccnc3C#N)ccc21. The van der Waals surface area contributed by atoms with Crippen LogP contribution < -0.4 is 10.6 Å². The molecule has 1 aliphatic rings. The summed E-state index contributed by atoms with van der Waals surface area (Å²) in [6.07, 6.45) is 3.30. The van der Waals surface area contributed by atoms with Crippen LogP contribution >= 0.6 is 0 Å². The zero-order valence-electron chi connectivity index (χ0n) is 10.9. The number of carbonyl (C=O) groups excluding carboxylic acids is 1. The number of benzene rings is 1. The molecule has 1 unspecified atom stereocenters. The van der Waals surface area contributed by atoms with Gasteiger partial charge in [-0.25, -0.2) is 4.98 Å². The molecule has 1 aromatic heterocycles. The molecule has 0 radical (unpaired) electrons. The summed E-state index contributed by atoms with van der Waals surface area (Å²) < 4.78 is 1.69. The van der Waals surface area contributed by atoms with Gasteiger partial charge in [-0.3, -0.25) is 9.36 Å². The minimum Gasteiger partial charge on any atom is -0.324 e. The molecule has 0 fully saturated rings. The van der Waals surface area contributed by atoms with Crippen molar-refractivity contribution in [1.82, 2.24) is 14.9 Å². The summed E-state index contributed by atoms with van der Waals surface area (Å²) in [5.74, 6) is 0.266. The molecule has 6 nitrogen and oxygen atoms in total. The van der Waals surface area contributed by atoms with Gasteiger partial charge in [0.1, 0.15) is 12.1 Å². The zero-order chi connectivity index (χ0) is 14.1. The molecule has 1 aromatic carbocycles. The van der Waals surface area contributed by atoms with E-state index in [-0.39, 0.29) is 11.9 Å². The average Bonchev–Trinajstić information content (AvgIpc) is 3.03. The third-order valence-corrected chi connectivity index (χ3v) is 3.30. The van der Waals surface area contributed by atoms with E-state index in [1.807, 2.05) is 31.2 Å². The number of amides is 1. The monoisotopic (exact) mass is 267 g/mol. The fourth-order valence-corrected chi connectivity index (χ4v) is 2.40. The molecule has 0 aliphatic carbocycles. The van der Waals surface area contributed by atoms with Crippen LogP contribution in [-0.4, -0.2) is 22.0 Å². The Hall–Kier alpha value is -2.65. The molecule has 1 amide bonds. The summed E-state index contributed by atoms with van der Waals surface area (Å²) in [6, 6.07) is 7.36. The molecule has 0 bridgehead atoms. The molecule has 0 spiro atoms. The lowest BCUT2D eigenvalue weighted by atomic mass is 10.1. The Morgan fingerprint density at radius 1 is 1.55 bits per heavy atom. The summed E-state index contributed by atoms with van der Waals surface area (Å²) in [7, 11) is 0. The highest BCUT2D eigenvalue weighted by Gasteiger charge is 2.29. The molecule has 3 rings (SSSR count). The van der Waals surface area contributed by atoms with Crippen LogP contribution in [0.4, 0.5) is 5.69 Å². The summed E-state index contributed by atoms with van der Waals surface area (Å²) in [5, 5.41) is 15.0. The van der Waals surface area contributed by atoms with Crippen LogP contribution in [0.5, 0.6) is 0 Å². The van der Waals surface area contributed by atoms with Gasteiger partial charge in [0.25, 0.3) is 0 Å². The molecule has 2 heterocycles. The first-order valence-electron chi connectivity index (χ1n) is 6.36. The predicted octanol–water partition coefficient (Wildman–Crippen LogP) is 1.35. The molecule has 2 N–H and O–H groups in total. The third-order valence-electron chi connectivity index (χ3n) is 3.30. The number of hydrogen-bond donors (Lipinski definition) is 2. The number of nitrogens with zero attached hydrogens (tertiary/aromatic N) is 3. The summed E-state index contributed by atoms with van der Waals surface area (Å²) in [6.45, 7) is 2.68. The van der Waals surface area contributed by atoms with Crippen molar-refractivity contribution in [2.75, 3.05) is 11.9 Å².